The summed E-state index contributed by atoms with van der Waals surface area (Å²) in [5, 5.41) is 0. The molecule has 7 heteroatoms. The third-order valence-corrected chi connectivity index (χ3v) is 2.02. The summed E-state index contributed by atoms with van der Waals surface area (Å²) in [6.45, 7) is 4.72. The molecule has 0 aliphatic rings. The molecular formula is C6H12CaO5S. The Morgan fingerprint density at radius 3 is 2.46 bits per heavy atom. The summed E-state index contributed by atoms with van der Waals surface area (Å²) >= 11 is 0. The Morgan fingerprint density at radius 2 is 2.08 bits per heavy atom. The monoisotopic (exact) mass is 236 g/mol. The van der Waals surface area contributed by atoms with Crippen LogP contribution in [0.1, 0.15) is 13.3 Å². The minimum atomic E-state index is -3.73. The Balaban J connectivity index is 0. The van der Waals surface area contributed by atoms with Crippen molar-refractivity contribution in [3.63, 3.8) is 0 Å². The van der Waals surface area contributed by atoms with E-state index in [4.69, 9.17) is 0 Å². The summed E-state index contributed by atoms with van der Waals surface area (Å²) < 4.78 is 25.3. The van der Waals surface area contributed by atoms with Crippen LogP contribution in [0.25, 0.3) is 0 Å². The van der Waals surface area contributed by atoms with E-state index in [1.54, 1.807) is 6.92 Å². The molecule has 0 N–H and O–H groups in total. The summed E-state index contributed by atoms with van der Waals surface area (Å²) in [6, 6.07) is 0. The van der Waals surface area contributed by atoms with Crippen molar-refractivity contribution in [2.24, 2.45) is 0 Å². The maximum atomic E-state index is 10.7. The fourth-order valence-corrected chi connectivity index (χ4v) is 1.14. The van der Waals surface area contributed by atoms with Gasteiger partial charge in [-0.05, 0) is 6.42 Å². The number of hydrogen-bond donors (Lipinski definition) is 0. The first-order valence-electron chi connectivity index (χ1n) is 3.27. The molecule has 0 bridgehead atoms. The summed E-state index contributed by atoms with van der Waals surface area (Å²) in [5.41, 5.74) is 0. The van der Waals surface area contributed by atoms with E-state index in [1.807, 2.05) is 0 Å². The standard InChI is InChI=1S/C6H10O5S.Ca.2H/c1-3-5-12(8,9)11-10-6(7)4-2;;;/h4H,2-3,5H2,1H3;;;. The second kappa shape index (κ2) is 7.75. The zero-order valence-electron chi connectivity index (χ0n) is 6.65. The van der Waals surface area contributed by atoms with Gasteiger partial charge in [-0.3, -0.25) is 4.89 Å². The zero-order chi connectivity index (χ0) is 9.61. The molecule has 0 aromatic rings. The van der Waals surface area contributed by atoms with Gasteiger partial charge in [0.2, 0.25) is 0 Å². The molecule has 74 valence electrons. The van der Waals surface area contributed by atoms with Gasteiger partial charge >= 0.3 is 53.8 Å². The summed E-state index contributed by atoms with van der Waals surface area (Å²) in [5.74, 6) is -1.12. The molecule has 0 atom stereocenters. The molecule has 0 aromatic heterocycles. The van der Waals surface area contributed by atoms with Crippen molar-refractivity contribution in [1.29, 1.82) is 0 Å². The van der Waals surface area contributed by atoms with Gasteiger partial charge in [-0.15, -0.1) is 0 Å². The molecule has 0 fully saturated rings. The molecule has 0 radical (unpaired) electrons. The van der Waals surface area contributed by atoms with Crippen molar-refractivity contribution >= 4 is 53.8 Å². The molecule has 0 aromatic carbocycles. The van der Waals surface area contributed by atoms with Gasteiger partial charge in [0.15, 0.2) is 0 Å². The average molecular weight is 236 g/mol. The fourth-order valence-electron chi connectivity index (χ4n) is 0.403. The molecule has 0 heterocycles. The van der Waals surface area contributed by atoms with Gasteiger partial charge < -0.3 is 0 Å². The van der Waals surface area contributed by atoms with E-state index in [2.05, 4.69) is 15.8 Å². The summed E-state index contributed by atoms with van der Waals surface area (Å²) in [6.07, 6.45) is 1.20. The SMILES string of the molecule is C=CC(=O)OOS(=O)(=O)CCC.[CaH2]. The van der Waals surface area contributed by atoms with Gasteiger partial charge in [-0.25, -0.2) is 4.79 Å². The molecule has 0 saturated carbocycles. The van der Waals surface area contributed by atoms with E-state index in [9.17, 15) is 13.2 Å². The molecule has 0 aliphatic carbocycles. The van der Waals surface area contributed by atoms with Crippen molar-refractivity contribution in [2.75, 3.05) is 5.75 Å². The van der Waals surface area contributed by atoms with Gasteiger partial charge in [0.1, 0.15) is 0 Å². The van der Waals surface area contributed by atoms with Crippen LogP contribution in [-0.4, -0.2) is 57.9 Å². The molecule has 0 aliphatic heterocycles. The average Bonchev–Trinajstić information content (AvgIpc) is 2.00. The van der Waals surface area contributed by atoms with Crippen molar-refractivity contribution < 1.29 is 22.4 Å². The minimum absolute atomic E-state index is 0. The second-order valence-electron chi connectivity index (χ2n) is 1.94. The van der Waals surface area contributed by atoms with E-state index in [1.165, 1.54) is 0 Å². The van der Waals surface area contributed by atoms with Crippen molar-refractivity contribution in [2.45, 2.75) is 13.3 Å². The van der Waals surface area contributed by atoms with Crippen molar-refractivity contribution in [3.8, 4) is 0 Å². The van der Waals surface area contributed by atoms with E-state index < -0.39 is 16.1 Å². The first-order valence-corrected chi connectivity index (χ1v) is 4.84. The van der Waals surface area contributed by atoms with Crippen LogP contribution in [0.4, 0.5) is 0 Å². The molecule has 13 heavy (non-hydrogen) atoms. The third-order valence-electron chi connectivity index (χ3n) is 0.841. The van der Waals surface area contributed by atoms with Crippen LogP contribution >= 0.6 is 0 Å². The Hall–Kier alpha value is 0.380. The van der Waals surface area contributed by atoms with Crippen LogP contribution in [0.2, 0.25) is 0 Å². The van der Waals surface area contributed by atoms with E-state index in [-0.39, 0.29) is 43.5 Å². The van der Waals surface area contributed by atoms with Gasteiger partial charge in [0.25, 0.3) is 0 Å². The first-order chi connectivity index (χ1) is 5.52. The fraction of sp³-hybridized carbons (Fsp3) is 0.500. The Kier molecular flexibility index (Phi) is 9.44. The number of hydrogen-bond acceptors (Lipinski definition) is 5. The maximum absolute atomic E-state index is 10.7. The summed E-state index contributed by atoms with van der Waals surface area (Å²) in [7, 11) is -3.73. The Labute approximate surface area is 107 Å². The zero-order valence-corrected chi connectivity index (χ0v) is 7.46. The summed E-state index contributed by atoms with van der Waals surface area (Å²) in [4.78, 5) is 14.2. The van der Waals surface area contributed by atoms with Gasteiger partial charge in [0, 0.05) is 6.08 Å². The normalized spacial score (nSPS) is 9.92. The predicted molar refractivity (Wildman–Crippen MR) is 50.0 cm³/mol. The van der Waals surface area contributed by atoms with Crippen LogP contribution < -0.4 is 0 Å². The molecule has 0 rings (SSSR count). The van der Waals surface area contributed by atoms with Crippen LogP contribution in [0.15, 0.2) is 12.7 Å². The molecule has 0 spiro atoms. The van der Waals surface area contributed by atoms with Crippen LogP contribution in [0.3, 0.4) is 0 Å². The van der Waals surface area contributed by atoms with Gasteiger partial charge in [-0.2, -0.15) is 8.42 Å². The van der Waals surface area contributed by atoms with E-state index in [0.717, 1.165) is 6.08 Å². The number of rotatable bonds is 5. The van der Waals surface area contributed by atoms with Gasteiger partial charge in [0.05, 0.1) is 5.75 Å². The van der Waals surface area contributed by atoms with Crippen LogP contribution in [0.5, 0.6) is 0 Å². The predicted octanol–water partition coefficient (Wildman–Crippen LogP) is -0.529. The molecule has 0 amide bonds. The van der Waals surface area contributed by atoms with Crippen molar-refractivity contribution in [3.05, 3.63) is 12.7 Å². The first kappa shape index (κ1) is 15.8. The molecule has 0 unspecified atom stereocenters. The van der Waals surface area contributed by atoms with Crippen molar-refractivity contribution in [1.82, 2.24) is 0 Å². The molecule has 0 saturated heterocycles. The topological polar surface area (TPSA) is 69.7 Å². The quantitative estimate of drug-likeness (QED) is 0.278. The number of carbonyl (C=O) groups excluding carboxylic acids is 1. The van der Waals surface area contributed by atoms with Crippen LogP contribution in [0, 0.1) is 0 Å². The molecular weight excluding hydrogens is 224 g/mol. The van der Waals surface area contributed by atoms with Gasteiger partial charge in [-0.1, -0.05) is 17.8 Å². The van der Waals surface area contributed by atoms with E-state index in [0.29, 0.717) is 6.42 Å². The third kappa shape index (κ3) is 8.70. The van der Waals surface area contributed by atoms with Crippen LogP contribution in [-0.2, 0) is 24.1 Å². The Bertz CT molecular complexity index is 258. The van der Waals surface area contributed by atoms with E-state index >= 15 is 0 Å². The second-order valence-corrected chi connectivity index (χ2v) is 3.60. The Morgan fingerprint density at radius 1 is 1.54 bits per heavy atom. The number of carbonyl (C=O) groups is 1. The molecule has 5 nitrogen and oxygen atoms in total.